The number of benzene rings is 4. The maximum atomic E-state index is 13.6. The number of carbonyl (C=O) groups excluding carboxylic acids is 1. The van der Waals surface area contributed by atoms with Gasteiger partial charge < -0.3 is 20.5 Å². The number of nitrogens with zero attached hydrogens (tertiary/aromatic N) is 1. The van der Waals surface area contributed by atoms with E-state index in [1.807, 2.05) is 18.2 Å². The minimum Gasteiger partial charge on any atom is -0.475 e. The number of aliphatic carboxylic acids is 1. The second-order valence-electron chi connectivity index (χ2n) is 10.7. The number of carboxylic acids is 1. The third-order valence-corrected chi connectivity index (χ3v) is 7.88. The quantitative estimate of drug-likeness (QED) is 0.220. The first kappa shape index (κ1) is 31.6. The number of ether oxygens (including phenoxy) is 1. The fourth-order valence-corrected chi connectivity index (χ4v) is 5.26. The molecule has 0 saturated carbocycles. The van der Waals surface area contributed by atoms with E-state index in [0.29, 0.717) is 25.6 Å². The van der Waals surface area contributed by atoms with Gasteiger partial charge in [0.05, 0.1) is 0 Å². The molecular formula is C34H35F3N2O4. The first-order valence-electron chi connectivity index (χ1n) is 14.1. The monoisotopic (exact) mass is 592 g/mol. The highest BCUT2D eigenvalue weighted by Crippen LogP contribution is 2.44. The van der Waals surface area contributed by atoms with Crippen molar-refractivity contribution in [2.45, 2.75) is 44.9 Å². The van der Waals surface area contributed by atoms with E-state index in [4.69, 9.17) is 20.4 Å². The molecule has 226 valence electrons. The van der Waals surface area contributed by atoms with Crippen LogP contribution in [0.15, 0.2) is 91.0 Å². The Morgan fingerprint density at radius 1 is 0.907 bits per heavy atom. The van der Waals surface area contributed by atoms with Crippen molar-refractivity contribution >= 4 is 22.8 Å². The van der Waals surface area contributed by atoms with Gasteiger partial charge in [-0.05, 0) is 44.5 Å². The number of halogens is 3. The second-order valence-corrected chi connectivity index (χ2v) is 10.7. The van der Waals surface area contributed by atoms with Crippen LogP contribution in [0.3, 0.4) is 0 Å². The predicted octanol–water partition coefficient (Wildman–Crippen LogP) is 7.60. The van der Waals surface area contributed by atoms with Crippen LogP contribution in [0.5, 0.6) is 0 Å². The molecule has 0 fully saturated rings. The first-order chi connectivity index (χ1) is 20.5. The van der Waals surface area contributed by atoms with Crippen LogP contribution in [-0.2, 0) is 16.1 Å². The summed E-state index contributed by atoms with van der Waals surface area (Å²) in [6.45, 7) is 5.49. The minimum absolute atomic E-state index is 0.0315. The van der Waals surface area contributed by atoms with Crippen LogP contribution in [0, 0.1) is 5.92 Å². The summed E-state index contributed by atoms with van der Waals surface area (Å²) in [5.74, 6) is -2.42. The van der Waals surface area contributed by atoms with Crippen molar-refractivity contribution in [3.8, 4) is 11.1 Å². The Bertz CT molecular complexity index is 1520. The van der Waals surface area contributed by atoms with Gasteiger partial charge in [0.1, 0.15) is 6.61 Å². The predicted molar refractivity (Wildman–Crippen MR) is 161 cm³/mol. The summed E-state index contributed by atoms with van der Waals surface area (Å²) >= 11 is 0. The molecular weight excluding hydrogens is 557 g/mol. The molecule has 0 aliphatic heterocycles. The molecule has 3 N–H and O–H groups in total. The fraction of sp³-hybridized carbons (Fsp3) is 0.294. The third-order valence-electron chi connectivity index (χ3n) is 7.88. The number of hydrogen-bond acceptors (Lipinski definition) is 4. The lowest BCUT2D eigenvalue weighted by Gasteiger charge is -2.29. The van der Waals surface area contributed by atoms with E-state index < -0.39 is 12.1 Å². The van der Waals surface area contributed by atoms with Crippen molar-refractivity contribution in [2.75, 3.05) is 13.2 Å². The van der Waals surface area contributed by atoms with E-state index in [0.717, 1.165) is 22.8 Å². The molecule has 6 nitrogen and oxygen atoms in total. The van der Waals surface area contributed by atoms with Gasteiger partial charge in [-0.2, -0.15) is 13.2 Å². The third kappa shape index (κ3) is 7.53. The summed E-state index contributed by atoms with van der Waals surface area (Å²) in [5.41, 5.74) is 12.5. The summed E-state index contributed by atoms with van der Waals surface area (Å²) in [6, 6.07) is 31.2. The van der Waals surface area contributed by atoms with Crippen molar-refractivity contribution in [2.24, 2.45) is 11.7 Å². The number of amides is 1. The van der Waals surface area contributed by atoms with E-state index >= 15 is 0 Å². The highest BCUT2D eigenvalue weighted by atomic mass is 19.4. The van der Waals surface area contributed by atoms with Crippen LogP contribution in [-0.4, -0.2) is 47.4 Å². The average Bonchev–Trinajstić information content (AvgIpc) is 3.32. The van der Waals surface area contributed by atoms with Crippen LogP contribution in [0.2, 0.25) is 0 Å². The lowest BCUT2D eigenvalue weighted by atomic mass is 9.98. The topological polar surface area (TPSA) is 92.9 Å². The van der Waals surface area contributed by atoms with E-state index in [1.54, 1.807) is 4.90 Å². The van der Waals surface area contributed by atoms with Gasteiger partial charge in [-0.25, -0.2) is 9.59 Å². The number of carbonyl (C=O) groups is 2. The van der Waals surface area contributed by atoms with Crippen molar-refractivity contribution in [1.29, 1.82) is 0 Å². The van der Waals surface area contributed by atoms with Crippen molar-refractivity contribution in [3.63, 3.8) is 0 Å². The lowest BCUT2D eigenvalue weighted by Crippen LogP contribution is -2.44. The standard InChI is InChI=1S/C32H34N2O2.C2HF3O2/c1-3-22(2)31(33)20-34(19-24-13-10-12-23-11-4-5-14-25(23)24)32(35)36-21-30-28-17-8-6-15-26(28)27-16-7-9-18-29(27)30;3-2(4,5)1(6)7/h4-18,22,30-31H,3,19-21,33H2,1-2H3;(H,6,7)/t22-,31+;/m0./s1. The van der Waals surface area contributed by atoms with Gasteiger partial charge in [0, 0.05) is 25.0 Å². The van der Waals surface area contributed by atoms with Crippen LogP contribution in [0.25, 0.3) is 21.9 Å². The molecule has 0 spiro atoms. The van der Waals surface area contributed by atoms with Crippen molar-refractivity contribution in [3.05, 3.63) is 108 Å². The van der Waals surface area contributed by atoms with E-state index in [9.17, 15) is 18.0 Å². The number of hydrogen-bond donors (Lipinski definition) is 2. The number of nitrogens with two attached hydrogens (primary N) is 1. The molecule has 43 heavy (non-hydrogen) atoms. The van der Waals surface area contributed by atoms with Crippen LogP contribution < -0.4 is 5.73 Å². The van der Waals surface area contributed by atoms with E-state index in [-0.39, 0.29) is 18.1 Å². The van der Waals surface area contributed by atoms with Gasteiger partial charge in [0.2, 0.25) is 0 Å². The highest BCUT2D eigenvalue weighted by molar-refractivity contribution is 5.86. The second kappa shape index (κ2) is 13.7. The van der Waals surface area contributed by atoms with Gasteiger partial charge in [-0.15, -0.1) is 0 Å². The largest absolute Gasteiger partial charge is 0.490 e. The molecule has 0 aromatic heterocycles. The Balaban J connectivity index is 0.000000541. The summed E-state index contributed by atoms with van der Waals surface area (Å²) in [6.07, 6.45) is -4.43. The molecule has 0 saturated heterocycles. The summed E-state index contributed by atoms with van der Waals surface area (Å²) < 4.78 is 37.8. The molecule has 1 aliphatic rings. The Morgan fingerprint density at radius 2 is 1.44 bits per heavy atom. The molecule has 1 aliphatic carbocycles. The van der Waals surface area contributed by atoms with Gasteiger partial charge in [-0.3, -0.25) is 0 Å². The Labute approximate surface area is 248 Å². The Morgan fingerprint density at radius 3 is 2.02 bits per heavy atom. The number of carboxylic acid groups (broad SMARTS) is 1. The van der Waals surface area contributed by atoms with Gasteiger partial charge in [0.15, 0.2) is 0 Å². The molecule has 1 amide bonds. The maximum absolute atomic E-state index is 13.6. The van der Waals surface area contributed by atoms with Crippen LogP contribution >= 0.6 is 0 Å². The summed E-state index contributed by atoms with van der Waals surface area (Å²) in [4.78, 5) is 24.2. The smallest absolute Gasteiger partial charge is 0.475 e. The minimum atomic E-state index is -5.08. The highest BCUT2D eigenvalue weighted by Gasteiger charge is 2.38. The molecule has 4 aromatic rings. The zero-order valence-corrected chi connectivity index (χ0v) is 24.1. The van der Waals surface area contributed by atoms with Crippen molar-refractivity contribution in [1.82, 2.24) is 4.90 Å². The van der Waals surface area contributed by atoms with Gasteiger partial charge >= 0.3 is 18.2 Å². The molecule has 4 aromatic carbocycles. The number of fused-ring (bicyclic) bond motifs is 4. The van der Waals surface area contributed by atoms with Gasteiger partial charge in [-0.1, -0.05) is 111 Å². The summed E-state index contributed by atoms with van der Waals surface area (Å²) in [7, 11) is 0. The fourth-order valence-electron chi connectivity index (χ4n) is 5.26. The first-order valence-corrected chi connectivity index (χ1v) is 14.1. The molecule has 0 radical (unpaired) electrons. The Hall–Kier alpha value is -4.37. The number of rotatable bonds is 8. The normalized spacial score (nSPS) is 13.7. The molecule has 0 bridgehead atoms. The van der Waals surface area contributed by atoms with E-state index in [2.05, 4.69) is 86.6 Å². The average molecular weight is 593 g/mol. The maximum Gasteiger partial charge on any atom is 0.490 e. The SMILES string of the molecule is CC[C@H](C)[C@H](N)CN(Cc1cccc2ccccc12)C(=O)OCC1c2ccccc2-c2ccccc21.O=C(O)C(F)(F)F. The van der Waals surface area contributed by atoms with Crippen molar-refractivity contribution < 1.29 is 32.6 Å². The van der Waals surface area contributed by atoms with Crippen LogP contribution in [0.4, 0.5) is 18.0 Å². The summed E-state index contributed by atoms with van der Waals surface area (Å²) in [5, 5.41) is 9.43. The molecule has 0 unspecified atom stereocenters. The zero-order valence-electron chi connectivity index (χ0n) is 24.1. The van der Waals surface area contributed by atoms with Gasteiger partial charge in [0.25, 0.3) is 0 Å². The zero-order chi connectivity index (χ0) is 31.1. The number of alkyl halides is 3. The molecule has 2 atom stereocenters. The molecule has 5 rings (SSSR count). The van der Waals surface area contributed by atoms with E-state index in [1.165, 1.54) is 22.3 Å². The Kier molecular flexibility index (Phi) is 10.1. The molecule has 0 heterocycles. The molecule has 9 heteroatoms. The van der Waals surface area contributed by atoms with Crippen LogP contribution in [0.1, 0.15) is 42.9 Å². The lowest BCUT2D eigenvalue weighted by molar-refractivity contribution is -0.192.